The lowest BCUT2D eigenvalue weighted by Gasteiger charge is -2.47. The predicted octanol–water partition coefficient (Wildman–Crippen LogP) is 3.41. The molecule has 3 rings (SSSR count). The Hall–Kier alpha value is -0.630. The van der Waals surface area contributed by atoms with Crippen molar-refractivity contribution in [1.82, 2.24) is 0 Å². The summed E-state index contributed by atoms with van der Waals surface area (Å²) in [6.45, 7) is 0.795. The minimum Gasteiger partial charge on any atom is -0.375 e. The molecule has 0 bridgehead atoms. The van der Waals surface area contributed by atoms with Crippen LogP contribution in [0, 0.1) is 5.92 Å². The molecule has 1 saturated carbocycles. The van der Waals surface area contributed by atoms with Crippen LogP contribution in [0.25, 0.3) is 0 Å². The Morgan fingerprint density at radius 2 is 2.18 bits per heavy atom. The molecule has 0 aromatic heterocycles. The number of hydrogen-bond acceptors (Lipinski definition) is 2. The van der Waals surface area contributed by atoms with Crippen molar-refractivity contribution in [2.45, 2.75) is 63.4 Å². The summed E-state index contributed by atoms with van der Waals surface area (Å²) in [4.78, 5) is 12.5. The number of ketones is 1. The second kappa shape index (κ2) is 4.56. The summed E-state index contributed by atoms with van der Waals surface area (Å²) in [6, 6.07) is 0. The number of ether oxygens (including phenoxy) is 1. The fraction of sp³-hybridized carbons (Fsp3) is 0.800. The van der Waals surface area contributed by atoms with E-state index in [9.17, 15) is 4.79 Å². The van der Waals surface area contributed by atoms with E-state index in [2.05, 4.69) is 6.08 Å². The van der Waals surface area contributed by atoms with Crippen LogP contribution in [0.15, 0.2) is 11.6 Å². The summed E-state index contributed by atoms with van der Waals surface area (Å²) in [5.41, 5.74) is 1.23. The molecule has 1 spiro atoms. The molecule has 0 aromatic rings. The van der Waals surface area contributed by atoms with Crippen molar-refractivity contribution in [2.24, 2.45) is 5.92 Å². The SMILES string of the molecule is O=C(C1=CCCCC1)C1CCOC2(CCC2)C1. The lowest BCUT2D eigenvalue weighted by molar-refractivity contribution is -0.153. The number of rotatable bonds is 2. The van der Waals surface area contributed by atoms with E-state index in [0.717, 1.165) is 37.9 Å². The zero-order chi connectivity index (χ0) is 11.7. The van der Waals surface area contributed by atoms with Gasteiger partial charge in [-0.1, -0.05) is 6.08 Å². The lowest BCUT2D eigenvalue weighted by Crippen LogP contribution is -2.47. The van der Waals surface area contributed by atoms with E-state index in [1.54, 1.807) is 0 Å². The molecule has 1 heterocycles. The predicted molar refractivity (Wildman–Crippen MR) is 66.8 cm³/mol. The van der Waals surface area contributed by atoms with Gasteiger partial charge >= 0.3 is 0 Å². The molecular weight excluding hydrogens is 212 g/mol. The van der Waals surface area contributed by atoms with Gasteiger partial charge in [-0.3, -0.25) is 4.79 Å². The number of carbonyl (C=O) groups excluding carboxylic acids is 1. The van der Waals surface area contributed by atoms with E-state index in [1.807, 2.05) is 0 Å². The Morgan fingerprint density at radius 3 is 2.82 bits per heavy atom. The zero-order valence-electron chi connectivity index (χ0n) is 10.5. The van der Waals surface area contributed by atoms with E-state index in [4.69, 9.17) is 4.74 Å². The first-order chi connectivity index (χ1) is 8.29. The van der Waals surface area contributed by atoms with Gasteiger partial charge in [-0.2, -0.15) is 0 Å². The van der Waals surface area contributed by atoms with Crippen LogP contribution in [0.3, 0.4) is 0 Å². The molecule has 0 N–H and O–H groups in total. The summed E-state index contributed by atoms with van der Waals surface area (Å²) < 4.78 is 5.90. The minimum atomic E-state index is 0.105. The smallest absolute Gasteiger partial charge is 0.161 e. The number of allylic oxidation sites excluding steroid dienone is 2. The molecule has 94 valence electrons. The quantitative estimate of drug-likeness (QED) is 0.732. The molecule has 0 amide bonds. The maximum Gasteiger partial charge on any atom is 0.161 e. The monoisotopic (exact) mass is 234 g/mol. The summed E-state index contributed by atoms with van der Waals surface area (Å²) in [5, 5.41) is 0. The van der Waals surface area contributed by atoms with Crippen molar-refractivity contribution in [2.75, 3.05) is 6.61 Å². The fourth-order valence-corrected chi connectivity index (χ4v) is 3.50. The molecule has 0 aromatic carbocycles. The van der Waals surface area contributed by atoms with Gasteiger partial charge in [-0.15, -0.1) is 0 Å². The first-order valence-corrected chi connectivity index (χ1v) is 7.16. The Kier molecular flexibility index (Phi) is 3.08. The molecule has 1 atom stereocenters. The van der Waals surface area contributed by atoms with Crippen molar-refractivity contribution in [1.29, 1.82) is 0 Å². The van der Waals surface area contributed by atoms with Crippen molar-refractivity contribution < 1.29 is 9.53 Å². The highest BCUT2D eigenvalue weighted by Crippen LogP contribution is 2.45. The first-order valence-electron chi connectivity index (χ1n) is 7.16. The number of hydrogen-bond donors (Lipinski definition) is 0. The molecule has 17 heavy (non-hydrogen) atoms. The zero-order valence-corrected chi connectivity index (χ0v) is 10.5. The van der Waals surface area contributed by atoms with Crippen molar-refractivity contribution in [3.05, 3.63) is 11.6 Å². The van der Waals surface area contributed by atoms with Crippen molar-refractivity contribution in [3.63, 3.8) is 0 Å². The van der Waals surface area contributed by atoms with Gasteiger partial charge in [-0.25, -0.2) is 0 Å². The van der Waals surface area contributed by atoms with Gasteiger partial charge in [0, 0.05) is 12.5 Å². The van der Waals surface area contributed by atoms with Crippen LogP contribution in [0.1, 0.15) is 57.8 Å². The molecule has 1 saturated heterocycles. The molecule has 1 unspecified atom stereocenters. The molecule has 2 nitrogen and oxygen atoms in total. The highest BCUT2D eigenvalue weighted by molar-refractivity contribution is 5.97. The van der Waals surface area contributed by atoms with Gasteiger partial charge in [0.25, 0.3) is 0 Å². The maximum absolute atomic E-state index is 12.5. The van der Waals surface area contributed by atoms with Crippen LogP contribution in [-0.4, -0.2) is 18.0 Å². The molecule has 0 radical (unpaired) electrons. The number of Topliss-reactive ketones (excluding diaryl/α,β-unsaturated/α-hetero) is 1. The fourth-order valence-electron chi connectivity index (χ4n) is 3.50. The van der Waals surface area contributed by atoms with E-state index < -0.39 is 0 Å². The maximum atomic E-state index is 12.5. The molecular formula is C15H22O2. The third kappa shape index (κ3) is 2.20. The Morgan fingerprint density at radius 1 is 1.29 bits per heavy atom. The van der Waals surface area contributed by atoms with Gasteiger partial charge < -0.3 is 4.74 Å². The van der Waals surface area contributed by atoms with E-state index in [1.165, 1.54) is 32.1 Å². The van der Waals surface area contributed by atoms with E-state index in [0.29, 0.717) is 5.78 Å². The molecule has 2 fully saturated rings. The van der Waals surface area contributed by atoms with Crippen LogP contribution < -0.4 is 0 Å². The molecule has 1 aliphatic heterocycles. The summed E-state index contributed by atoms with van der Waals surface area (Å²) in [6.07, 6.45) is 12.3. The molecule has 2 heteroatoms. The van der Waals surface area contributed by atoms with E-state index in [-0.39, 0.29) is 11.5 Å². The standard InChI is InChI=1S/C15H22O2/c16-14(12-5-2-1-3-6-12)13-7-10-17-15(11-13)8-4-9-15/h5,13H,1-4,6-11H2. The molecule has 2 aliphatic carbocycles. The lowest BCUT2D eigenvalue weighted by atomic mass is 9.70. The van der Waals surface area contributed by atoms with Crippen molar-refractivity contribution >= 4 is 5.78 Å². The Bertz CT molecular complexity index is 339. The summed E-state index contributed by atoms with van der Waals surface area (Å²) in [7, 11) is 0. The normalized spacial score (nSPS) is 31.8. The van der Waals surface area contributed by atoms with Gasteiger partial charge in [0.15, 0.2) is 5.78 Å². The Labute approximate surface area is 103 Å². The van der Waals surface area contributed by atoms with Crippen LogP contribution in [0.4, 0.5) is 0 Å². The largest absolute Gasteiger partial charge is 0.375 e. The van der Waals surface area contributed by atoms with E-state index >= 15 is 0 Å². The third-order valence-corrected chi connectivity index (χ3v) is 4.74. The second-order valence-corrected chi connectivity index (χ2v) is 5.91. The average Bonchev–Trinajstić information content (AvgIpc) is 2.37. The highest BCUT2D eigenvalue weighted by atomic mass is 16.5. The van der Waals surface area contributed by atoms with Crippen molar-refractivity contribution in [3.8, 4) is 0 Å². The van der Waals surface area contributed by atoms with Gasteiger partial charge in [0.2, 0.25) is 0 Å². The number of carbonyl (C=O) groups is 1. The topological polar surface area (TPSA) is 26.3 Å². The highest BCUT2D eigenvalue weighted by Gasteiger charge is 2.44. The van der Waals surface area contributed by atoms with Crippen LogP contribution in [-0.2, 0) is 9.53 Å². The average molecular weight is 234 g/mol. The summed E-state index contributed by atoms with van der Waals surface area (Å²) in [5.74, 6) is 0.702. The third-order valence-electron chi connectivity index (χ3n) is 4.74. The molecule has 3 aliphatic rings. The second-order valence-electron chi connectivity index (χ2n) is 5.91. The van der Waals surface area contributed by atoms with Crippen LogP contribution >= 0.6 is 0 Å². The van der Waals surface area contributed by atoms with Gasteiger partial charge in [0.1, 0.15) is 0 Å². The summed E-state index contributed by atoms with van der Waals surface area (Å²) >= 11 is 0. The van der Waals surface area contributed by atoms with Crippen LogP contribution in [0.5, 0.6) is 0 Å². The van der Waals surface area contributed by atoms with Gasteiger partial charge in [-0.05, 0) is 63.4 Å². The first kappa shape index (κ1) is 11.5. The Balaban J connectivity index is 1.67. The van der Waals surface area contributed by atoms with Gasteiger partial charge in [0.05, 0.1) is 5.60 Å². The van der Waals surface area contributed by atoms with Crippen LogP contribution in [0.2, 0.25) is 0 Å². The minimum absolute atomic E-state index is 0.105.